The minimum absolute atomic E-state index is 0.0391. The highest BCUT2D eigenvalue weighted by Gasteiger charge is 2.15. The van der Waals surface area contributed by atoms with Crippen LogP contribution in [0, 0.1) is 0 Å². The first-order valence-electron chi connectivity index (χ1n) is 6.39. The van der Waals surface area contributed by atoms with Crippen molar-refractivity contribution in [2.45, 2.75) is 55.9 Å². The highest BCUT2D eigenvalue weighted by Crippen LogP contribution is 2.29. The average Bonchev–Trinajstić information content (AvgIpc) is 2.83. The van der Waals surface area contributed by atoms with E-state index in [1.807, 2.05) is 11.8 Å². The first kappa shape index (κ1) is 13.4. The number of aliphatic carboxylic acids is 1. The highest BCUT2D eigenvalue weighted by atomic mass is 32.2. The summed E-state index contributed by atoms with van der Waals surface area (Å²) in [6, 6.07) is 0. The molecule has 0 bridgehead atoms. The number of nitrogens with zero attached hydrogens (tertiary/aromatic N) is 2. The lowest BCUT2D eigenvalue weighted by Crippen LogP contribution is -2.08. The minimum atomic E-state index is -0.841. The van der Waals surface area contributed by atoms with Gasteiger partial charge in [0.25, 0.3) is 0 Å². The third-order valence-corrected chi connectivity index (χ3v) is 4.43. The summed E-state index contributed by atoms with van der Waals surface area (Å²) in [5, 5.41) is 13.2. The largest absolute Gasteiger partial charge is 0.481 e. The van der Waals surface area contributed by atoms with Crippen LogP contribution in [0.3, 0.4) is 0 Å². The second-order valence-electron chi connectivity index (χ2n) is 4.57. The number of carbonyl (C=O) groups is 1. The third-order valence-electron chi connectivity index (χ3n) is 3.06. The lowest BCUT2D eigenvalue weighted by atomic mass is 10.0. The van der Waals surface area contributed by atoms with E-state index >= 15 is 0 Å². The van der Waals surface area contributed by atoms with E-state index in [-0.39, 0.29) is 6.42 Å². The van der Waals surface area contributed by atoms with E-state index in [4.69, 9.17) is 9.63 Å². The van der Waals surface area contributed by atoms with Crippen molar-refractivity contribution in [1.29, 1.82) is 0 Å². The lowest BCUT2D eigenvalue weighted by Gasteiger charge is -2.19. The molecule has 2 rings (SSSR count). The zero-order chi connectivity index (χ0) is 12.8. The second kappa shape index (κ2) is 6.78. The Bertz CT molecular complexity index is 388. The Labute approximate surface area is 110 Å². The molecular weight excluding hydrogens is 252 g/mol. The Balaban J connectivity index is 1.73. The van der Waals surface area contributed by atoms with Crippen molar-refractivity contribution < 1.29 is 14.4 Å². The van der Waals surface area contributed by atoms with E-state index in [1.165, 1.54) is 32.1 Å². The number of carboxylic acid groups (broad SMARTS) is 1. The molecule has 1 fully saturated rings. The maximum Gasteiger partial charge on any atom is 0.303 e. The fourth-order valence-electron chi connectivity index (χ4n) is 2.09. The molecule has 0 aliphatic heterocycles. The van der Waals surface area contributed by atoms with Gasteiger partial charge in [-0.25, -0.2) is 0 Å². The Morgan fingerprint density at radius 3 is 2.89 bits per heavy atom. The van der Waals surface area contributed by atoms with Gasteiger partial charge in [-0.3, -0.25) is 4.79 Å². The molecule has 1 aromatic heterocycles. The quantitative estimate of drug-likeness (QED) is 0.856. The molecule has 1 heterocycles. The fourth-order valence-corrected chi connectivity index (χ4v) is 3.26. The predicted octanol–water partition coefficient (Wildman–Crippen LogP) is 2.65. The molecular formula is C12H18N2O3S. The van der Waals surface area contributed by atoms with Gasteiger partial charge >= 0.3 is 5.97 Å². The van der Waals surface area contributed by atoms with E-state index in [9.17, 15) is 4.79 Å². The van der Waals surface area contributed by atoms with Crippen molar-refractivity contribution >= 4 is 17.7 Å². The molecule has 1 aromatic rings. The van der Waals surface area contributed by atoms with Gasteiger partial charge in [0.1, 0.15) is 0 Å². The van der Waals surface area contributed by atoms with Gasteiger partial charge in [0.05, 0.1) is 12.2 Å². The minimum Gasteiger partial charge on any atom is -0.481 e. The summed E-state index contributed by atoms with van der Waals surface area (Å²) >= 11 is 1.89. The fraction of sp³-hybridized carbons (Fsp3) is 0.750. The van der Waals surface area contributed by atoms with Crippen LogP contribution in [0.1, 0.15) is 50.2 Å². The van der Waals surface area contributed by atoms with E-state index in [1.54, 1.807) is 0 Å². The molecule has 18 heavy (non-hydrogen) atoms. The summed E-state index contributed by atoms with van der Waals surface area (Å²) in [7, 11) is 0. The molecule has 0 atom stereocenters. The first-order valence-corrected chi connectivity index (χ1v) is 7.44. The zero-order valence-corrected chi connectivity index (χ0v) is 11.1. The van der Waals surface area contributed by atoms with E-state index in [2.05, 4.69) is 10.1 Å². The molecule has 6 heteroatoms. The molecule has 0 amide bonds. The van der Waals surface area contributed by atoms with Crippen LogP contribution in [0.25, 0.3) is 0 Å². The standard InChI is InChI=1S/C12H18N2O3S/c15-12(16)7-6-11-13-10(14-17-11)8-18-9-4-2-1-3-5-9/h9H,1-8H2,(H,15,16). The van der Waals surface area contributed by atoms with Gasteiger partial charge in [-0.15, -0.1) is 0 Å². The molecule has 1 N–H and O–H groups in total. The van der Waals surface area contributed by atoms with Gasteiger partial charge in [-0.2, -0.15) is 16.7 Å². The van der Waals surface area contributed by atoms with Crippen LogP contribution >= 0.6 is 11.8 Å². The molecule has 1 saturated carbocycles. The van der Waals surface area contributed by atoms with Crippen molar-refractivity contribution in [3.05, 3.63) is 11.7 Å². The number of hydrogen-bond acceptors (Lipinski definition) is 5. The second-order valence-corrected chi connectivity index (χ2v) is 5.86. The van der Waals surface area contributed by atoms with Gasteiger partial charge in [-0.05, 0) is 12.8 Å². The molecule has 0 radical (unpaired) electrons. The summed E-state index contributed by atoms with van der Waals surface area (Å²) in [6.45, 7) is 0. The summed E-state index contributed by atoms with van der Waals surface area (Å²) < 4.78 is 5.02. The first-order chi connectivity index (χ1) is 8.74. The van der Waals surface area contributed by atoms with Crippen molar-refractivity contribution in [3.8, 4) is 0 Å². The monoisotopic (exact) mass is 270 g/mol. The van der Waals surface area contributed by atoms with Crippen molar-refractivity contribution in [2.75, 3.05) is 0 Å². The van der Waals surface area contributed by atoms with Gasteiger partial charge in [0.15, 0.2) is 5.82 Å². The van der Waals surface area contributed by atoms with Crippen molar-refractivity contribution in [2.24, 2.45) is 0 Å². The molecule has 0 aromatic carbocycles. The third kappa shape index (κ3) is 4.33. The SMILES string of the molecule is O=C(O)CCc1nc(CSC2CCCCC2)no1. The Hall–Kier alpha value is -1.04. The Morgan fingerprint density at radius 2 is 2.17 bits per heavy atom. The average molecular weight is 270 g/mol. The molecule has 5 nitrogen and oxygen atoms in total. The molecule has 1 aliphatic carbocycles. The van der Waals surface area contributed by atoms with Crippen molar-refractivity contribution in [1.82, 2.24) is 10.1 Å². The van der Waals surface area contributed by atoms with Crippen LogP contribution in [-0.2, 0) is 17.0 Å². The summed E-state index contributed by atoms with van der Waals surface area (Å²) in [6.07, 6.45) is 6.94. The predicted molar refractivity (Wildman–Crippen MR) is 68.4 cm³/mol. The molecule has 0 unspecified atom stereocenters. The Kier molecular flexibility index (Phi) is 5.04. The normalized spacial score (nSPS) is 16.9. The van der Waals surface area contributed by atoms with E-state index in [0.717, 1.165) is 11.0 Å². The van der Waals surface area contributed by atoms with Gasteiger partial charge in [0.2, 0.25) is 5.89 Å². The number of rotatable bonds is 6. The zero-order valence-electron chi connectivity index (χ0n) is 10.3. The molecule has 0 spiro atoms. The van der Waals surface area contributed by atoms with Crippen LogP contribution in [0.4, 0.5) is 0 Å². The smallest absolute Gasteiger partial charge is 0.303 e. The van der Waals surface area contributed by atoms with Crippen LogP contribution < -0.4 is 0 Å². The topological polar surface area (TPSA) is 76.2 Å². The number of thioether (sulfide) groups is 1. The van der Waals surface area contributed by atoms with E-state index < -0.39 is 5.97 Å². The summed E-state index contributed by atoms with van der Waals surface area (Å²) in [5.41, 5.74) is 0. The molecule has 0 saturated heterocycles. The van der Waals surface area contributed by atoms with Crippen LogP contribution in [-0.4, -0.2) is 26.5 Å². The van der Waals surface area contributed by atoms with E-state index in [0.29, 0.717) is 18.1 Å². The number of carboxylic acids is 1. The van der Waals surface area contributed by atoms with Crippen LogP contribution in [0.15, 0.2) is 4.52 Å². The number of hydrogen-bond donors (Lipinski definition) is 1. The highest BCUT2D eigenvalue weighted by molar-refractivity contribution is 7.99. The summed E-state index contributed by atoms with van der Waals surface area (Å²) in [4.78, 5) is 14.6. The van der Waals surface area contributed by atoms with Crippen LogP contribution in [0.5, 0.6) is 0 Å². The van der Waals surface area contributed by atoms with Crippen LogP contribution in [0.2, 0.25) is 0 Å². The lowest BCUT2D eigenvalue weighted by molar-refractivity contribution is -0.137. The number of aromatic nitrogens is 2. The van der Waals surface area contributed by atoms with Crippen molar-refractivity contribution in [3.63, 3.8) is 0 Å². The maximum absolute atomic E-state index is 10.4. The molecule has 100 valence electrons. The molecule has 1 aliphatic rings. The summed E-state index contributed by atoms with van der Waals surface area (Å²) in [5.74, 6) is 1.04. The van der Waals surface area contributed by atoms with Gasteiger partial charge in [-0.1, -0.05) is 24.4 Å². The van der Waals surface area contributed by atoms with Gasteiger partial charge in [0, 0.05) is 11.7 Å². The number of aryl methyl sites for hydroxylation is 1. The Morgan fingerprint density at radius 1 is 1.39 bits per heavy atom. The van der Waals surface area contributed by atoms with Gasteiger partial charge < -0.3 is 9.63 Å². The maximum atomic E-state index is 10.4.